The highest BCUT2D eigenvalue weighted by atomic mass is 35.5. The fraction of sp³-hybridized carbons (Fsp3) is 0.0833. The number of nitrogens with zero attached hydrogens (tertiary/aromatic N) is 1. The highest BCUT2D eigenvalue weighted by Crippen LogP contribution is 2.25. The van der Waals surface area contributed by atoms with E-state index in [-0.39, 0.29) is 28.5 Å². The zero-order valence-electron chi connectivity index (χ0n) is 9.13. The van der Waals surface area contributed by atoms with Crippen molar-refractivity contribution >= 4 is 34.4 Å². The van der Waals surface area contributed by atoms with Crippen LogP contribution >= 0.6 is 22.9 Å². The minimum absolute atomic E-state index is 0.0952. The number of ketones is 1. The van der Waals surface area contributed by atoms with Crippen LogP contribution in [0.5, 0.6) is 0 Å². The quantitative estimate of drug-likeness (QED) is 0.487. The lowest BCUT2D eigenvalue weighted by molar-refractivity contribution is -0.385. The van der Waals surface area contributed by atoms with Gasteiger partial charge < -0.3 is 0 Å². The van der Waals surface area contributed by atoms with E-state index in [1.807, 2.05) is 17.5 Å². The first kappa shape index (κ1) is 12.7. The molecule has 6 heteroatoms. The van der Waals surface area contributed by atoms with E-state index in [0.717, 1.165) is 4.88 Å². The topological polar surface area (TPSA) is 60.2 Å². The number of carbonyl (C=O) groups excluding carboxylic acids is 1. The van der Waals surface area contributed by atoms with Crippen molar-refractivity contribution in [2.45, 2.75) is 6.42 Å². The van der Waals surface area contributed by atoms with E-state index >= 15 is 0 Å². The predicted octanol–water partition coefficient (Wildman–Crippen LogP) is 3.74. The first-order valence-electron chi connectivity index (χ1n) is 5.07. The lowest BCUT2D eigenvalue weighted by atomic mass is 10.1. The fourth-order valence-electron chi connectivity index (χ4n) is 1.56. The van der Waals surface area contributed by atoms with Crippen molar-refractivity contribution in [2.24, 2.45) is 0 Å². The number of Topliss-reactive ketones (excluding diaryl/α,β-unsaturated/α-hetero) is 1. The summed E-state index contributed by atoms with van der Waals surface area (Å²) in [5.74, 6) is -0.277. The molecule has 0 spiro atoms. The number of nitro benzene ring substituents is 1. The number of thiophene rings is 1. The molecule has 0 atom stereocenters. The average molecular weight is 282 g/mol. The van der Waals surface area contributed by atoms with E-state index < -0.39 is 4.92 Å². The summed E-state index contributed by atoms with van der Waals surface area (Å²) in [5.41, 5.74) is -0.151. The zero-order chi connectivity index (χ0) is 13.1. The van der Waals surface area contributed by atoms with Gasteiger partial charge in [-0.1, -0.05) is 17.7 Å². The molecular weight excluding hydrogens is 274 g/mol. The second-order valence-electron chi connectivity index (χ2n) is 3.60. The Kier molecular flexibility index (Phi) is 3.74. The maximum absolute atomic E-state index is 12.0. The summed E-state index contributed by atoms with van der Waals surface area (Å²) in [6, 6.07) is 7.74. The molecule has 0 saturated carbocycles. The van der Waals surface area contributed by atoms with Crippen LogP contribution in [0.15, 0.2) is 35.7 Å². The standard InChI is InChI=1S/C12H8ClNO3S/c13-8-3-4-10(11(6-8)14(16)17)12(15)7-9-2-1-5-18-9/h1-6H,7H2. The third-order valence-corrected chi connectivity index (χ3v) is 3.48. The number of halogens is 1. The SMILES string of the molecule is O=C(Cc1cccs1)c1ccc(Cl)cc1[N+](=O)[O-]. The predicted molar refractivity (Wildman–Crippen MR) is 70.5 cm³/mol. The Bertz CT molecular complexity index is 595. The van der Waals surface area contributed by atoms with Gasteiger partial charge in [-0.15, -0.1) is 11.3 Å². The van der Waals surface area contributed by atoms with Crippen LogP contribution in [0.2, 0.25) is 5.02 Å². The maximum atomic E-state index is 12.0. The molecule has 92 valence electrons. The van der Waals surface area contributed by atoms with E-state index in [4.69, 9.17) is 11.6 Å². The number of carbonyl (C=O) groups is 1. The van der Waals surface area contributed by atoms with Crippen molar-refractivity contribution in [3.05, 3.63) is 61.3 Å². The second kappa shape index (κ2) is 5.29. The largest absolute Gasteiger partial charge is 0.294 e. The first-order chi connectivity index (χ1) is 8.58. The van der Waals surface area contributed by atoms with Gasteiger partial charge in [0.05, 0.1) is 10.5 Å². The molecule has 0 saturated heterocycles. The van der Waals surface area contributed by atoms with Gasteiger partial charge in [0.25, 0.3) is 5.69 Å². The third-order valence-electron chi connectivity index (χ3n) is 2.37. The summed E-state index contributed by atoms with van der Waals surface area (Å²) < 4.78 is 0. The van der Waals surface area contributed by atoms with Crippen LogP contribution in [0.25, 0.3) is 0 Å². The average Bonchev–Trinajstić information content (AvgIpc) is 2.81. The van der Waals surface area contributed by atoms with Gasteiger partial charge in [0.15, 0.2) is 5.78 Å². The summed E-state index contributed by atoms with van der Waals surface area (Å²) in [7, 11) is 0. The molecule has 0 aliphatic rings. The minimum atomic E-state index is -0.590. The Labute approximate surface area is 112 Å². The van der Waals surface area contributed by atoms with Crippen LogP contribution in [0, 0.1) is 10.1 Å². The summed E-state index contributed by atoms with van der Waals surface area (Å²) in [5, 5.41) is 13.0. The molecule has 0 radical (unpaired) electrons. The molecule has 0 bridgehead atoms. The van der Waals surface area contributed by atoms with E-state index in [9.17, 15) is 14.9 Å². The molecule has 0 amide bonds. The molecule has 1 aromatic heterocycles. The van der Waals surface area contributed by atoms with Crippen LogP contribution in [0.1, 0.15) is 15.2 Å². The van der Waals surface area contributed by atoms with E-state index in [2.05, 4.69) is 0 Å². The molecule has 0 N–H and O–H groups in total. The van der Waals surface area contributed by atoms with E-state index in [0.29, 0.717) is 0 Å². The molecule has 0 unspecified atom stereocenters. The fourth-order valence-corrected chi connectivity index (χ4v) is 2.43. The summed E-state index contributed by atoms with van der Waals surface area (Å²) in [4.78, 5) is 23.2. The molecule has 0 aliphatic carbocycles. The van der Waals surface area contributed by atoms with E-state index in [1.54, 1.807) is 0 Å². The molecule has 2 rings (SSSR count). The number of hydrogen-bond donors (Lipinski definition) is 0. The Hall–Kier alpha value is -1.72. The van der Waals surface area contributed by atoms with Gasteiger partial charge in [0.2, 0.25) is 0 Å². The second-order valence-corrected chi connectivity index (χ2v) is 5.07. The molecule has 1 heterocycles. The summed E-state index contributed by atoms with van der Waals surface area (Å²) in [6.45, 7) is 0. The van der Waals surface area contributed by atoms with Gasteiger partial charge in [-0.25, -0.2) is 0 Å². The Morgan fingerprint density at radius 1 is 1.39 bits per heavy atom. The third kappa shape index (κ3) is 2.75. The van der Waals surface area contributed by atoms with Gasteiger partial charge in [-0.05, 0) is 23.6 Å². The van der Waals surface area contributed by atoms with Crippen molar-refractivity contribution in [1.82, 2.24) is 0 Å². The summed E-state index contributed by atoms with van der Waals surface area (Å²) in [6.07, 6.45) is 0.167. The Morgan fingerprint density at radius 2 is 2.17 bits per heavy atom. The molecule has 18 heavy (non-hydrogen) atoms. The number of rotatable bonds is 4. The number of benzene rings is 1. The number of nitro groups is 1. The zero-order valence-corrected chi connectivity index (χ0v) is 10.7. The van der Waals surface area contributed by atoms with Crippen LogP contribution in [0.4, 0.5) is 5.69 Å². The Morgan fingerprint density at radius 3 is 2.78 bits per heavy atom. The van der Waals surface area contributed by atoms with Gasteiger partial charge in [-0.2, -0.15) is 0 Å². The van der Waals surface area contributed by atoms with Crippen LogP contribution < -0.4 is 0 Å². The Balaban J connectivity index is 2.32. The molecular formula is C12H8ClNO3S. The van der Waals surface area contributed by atoms with E-state index in [1.165, 1.54) is 29.5 Å². The smallest absolute Gasteiger partial charge is 0.281 e. The van der Waals surface area contributed by atoms with Crippen LogP contribution in [-0.2, 0) is 6.42 Å². The minimum Gasteiger partial charge on any atom is -0.294 e. The summed E-state index contributed by atoms with van der Waals surface area (Å²) >= 11 is 7.14. The molecule has 0 fully saturated rings. The molecule has 4 nitrogen and oxygen atoms in total. The maximum Gasteiger partial charge on any atom is 0.281 e. The van der Waals surface area contributed by atoms with Gasteiger partial charge in [0, 0.05) is 22.4 Å². The van der Waals surface area contributed by atoms with Crippen LogP contribution in [0.3, 0.4) is 0 Å². The van der Waals surface area contributed by atoms with Crippen LogP contribution in [-0.4, -0.2) is 10.7 Å². The first-order valence-corrected chi connectivity index (χ1v) is 6.33. The molecule has 1 aromatic carbocycles. The monoisotopic (exact) mass is 281 g/mol. The lowest BCUT2D eigenvalue weighted by Crippen LogP contribution is -2.06. The lowest BCUT2D eigenvalue weighted by Gasteiger charge is -2.01. The van der Waals surface area contributed by atoms with Gasteiger partial charge in [-0.3, -0.25) is 14.9 Å². The number of hydrogen-bond acceptors (Lipinski definition) is 4. The van der Waals surface area contributed by atoms with Crippen molar-refractivity contribution < 1.29 is 9.72 Å². The molecule has 2 aromatic rings. The van der Waals surface area contributed by atoms with Crippen molar-refractivity contribution in [3.63, 3.8) is 0 Å². The molecule has 0 aliphatic heterocycles. The van der Waals surface area contributed by atoms with Gasteiger partial charge >= 0.3 is 0 Å². The highest BCUT2D eigenvalue weighted by molar-refractivity contribution is 7.10. The van der Waals surface area contributed by atoms with Crippen molar-refractivity contribution in [3.8, 4) is 0 Å². The normalized spacial score (nSPS) is 10.3. The van der Waals surface area contributed by atoms with Crippen molar-refractivity contribution in [2.75, 3.05) is 0 Å². The highest BCUT2D eigenvalue weighted by Gasteiger charge is 2.20. The van der Waals surface area contributed by atoms with Gasteiger partial charge in [0.1, 0.15) is 0 Å². The van der Waals surface area contributed by atoms with Crippen molar-refractivity contribution in [1.29, 1.82) is 0 Å².